The fourth-order valence-corrected chi connectivity index (χ4v) is 5.34. The number of benzene rings is 3. The van der Waals surface area contributed by atoms with Crippen LogP contribution in [0.15, 0.2) is 72.8 Å². The smallest absolute Gasteiger partial charge is 0.0471 e. The predicted octanol–water partition coefficient (Wildman–Crippen LogP) is 6.59. The van der Waals surface area contributed by atoms with E-state index in [0.717, 1.165) is 0 Å². The summed E-state index contributed by atoms with van der Waals surface area (Å²) >= 11 is 0. The largest absolute Gasteiger partial charge is 0.354 e. The fourth-order valence-electron chi connectivity index (χ4n) is 5.34. The van der Waals surface area contributed by atoms with E-state index in [2.05, 4.69) is 91.7 Å². The molecule has 6 rings (SSSR count). The molecule has 0 fully saturated rings. The number of hydrogen-bond acceptors (Lipinski definition) is 0. The lowest BCUT2D eigenvalue weighted by Gasteiger charge is -2.29. The van der Waals surface area contributed by atoms with Gasteiger partial charge in [0.2, 0.25) is 0 Å². The Morgan fingerprint density at radius 1 is 0.846 bits per heavy atom. The highest BCUT2D eigenvalue weighted by Gasteiger charge is 2.44. The van der Waals surface area contributed by atoms with Crippen LogP contribution in [0.5, 0.6) is 0 Å². The predicted molar refractivity (Wildman–Crippen MR) is 111 cm³/mol. The number of aromatic nitrogens is 1. The van der Waals surface area contributed by atoms with Crippen LogP contribution in [0, 0.1) is 5.92 Å². The zero-order valence-electron chi connectivity index (χ0n) is 15.1. The average Bonchev–Trinajstić information content (AvgIpc) is 3.14. The van der Waals surface area contributed by atoms with Crippen molar-refractivity contribution >= 4 is 32.6 Å². The third kappa shape index (κ3) is 1.66. The Labute approximate surface area is 153 Å². The maximum atomic E-state index is 3.68. The van der Waals surface area contributed by atoms with Crippen LogP contribution in [0.4, 0.5) is 0 Å². The summed E-state index contributed by atoms with van der Waals surface area (Å²) in [6, 6.07) is 18.0. The second-order valence-electron chi connectivity index (χ2n) is 8.36. The Morgan fingerprint density at radius 3 is 2.62 bits per heavy atom. The lowest BCUT2D eigenvalue weighted by molar-refractivity contribution is 0.394. The lowest BCUT2D eigenvalue weighted by atomic mass is 9.74. The molecule has 26 heavy (non-hydrogen) atoms. The summed E-state index contributed by atoms with van der Waals surface area (Å²) in [5, 5.41) is 5.36. The van der Waals surface area contributed by atoms with E-state index in [1.54, 1.807) is 0 Å². The molecule has 4 aromatic rings. The van der Waals surface area contributed by atoms with E-state index in [0.29, 0.717) is 11.8 Å². The second kappa shape index (κ2) is 4.67. The molecular weight excluding hydrogens is 314 g/mol. The molecule has 0 bridgehead atoms. The minimum Gasteiger partial charge on any atom is -0.354 e. The Morgan fingerprint density at radius 2 is 1.69 bits per heavy atom. The molecule has 2 aliphatic carbocycles. The van der Waals surface area contributed by atoms with Crippen molar-refractivity contribution in [3.8, 4) is 0 Å². The van der Waals surface area contributed by atoms with Crippen LogP contribution < -0.4 is 0 Å². The minimum atomic E-state index is 0.162. The van der Waals surface area contributed by atoms with Gasteiger partial charge in [-0.05, 0) is 51.4 Å². The maximum absolute atomic E-state index is 3.68. The SMILES string of the molecule is CC1(C)c2cc3[nH]c4ccc5ccccc5c4c3cc2C2C=CC=CC21. The molecular formula is C25H21N. The topological polar surface area (TPSA) is 15.8 Å². The van der Waals surface area contributed by atoms with E-state index < -0.39 is 0 Å². The molecule has 1 heterocycles. The van der Waals surface area contributed by atoms with Crippen molar-refractivity contribution in [3.05, 3.63) is 84.0 Å². The summed E-state index contributed by atoms with van der Waals surface area (Å²) in [6.07, 6.45) is 9.20. The highest BCUT2D eigenvalue weighted by atomic mass is 14.7. The van der Waals surface area contributed by atoms with Crippen molar-refractivity contribution in [1.29, 1.82) is 0 Å². The molecule has 1 aromatic heterocycles. The number of nitrogens with one attached hydrogen (secondary N) is 1. The molecule has 0 saturated carbocycles. The second-order valence-corrected chi connectivity index (χ2v) is 8.36. The summed E-state index contributed by atoms with van der Waals surface area (Å²) in [7, 11) is 0. The first-order valence-corrected chi connectivity index (χ1v) is 9.47. The number of H-pyrrole nitrogens is 1. The van der Waals surface area contributed by atoms with Crippen LogP contribution >= 0.6 is 0 Å². The number of allylic oxidation sites excluding steroid dienone is 4. The number of fused-ring (bicyclic) bond motifs is 8. The van der Waals surface area contributed by atoms with Gasteiger partial charge >= 0.3 is 0 Å². The van der Waals surface area contributed by atoms with Gasteiger partial charge in [0.05, 0.1) is 0 Å². The molecule has 1 N–H and O–H groups in total. The molecule has 0 saturated heterocycles. The van der Waals surface area contributed by atoms with Crippen molar-refractivity contribution < 1.29 is 0 Å². The first kappa shape index (κ1) is 14.4. The fraction of sp³-hybridized carbons (Fsp3) is 0.200. The first-order chi connectivity index (χ1) is 12.6. The van der Waals surface area contributed by atoms with E-state index in [1.807, 2.05) is 0 Å². The summed E-state index contributed by atoms with van der Waals surface area (Å²) in [4.78, 5) is 3.68. The molecule has 126 valence electrons. The van der Waals surface area contributed by atoms with Crippen molar-refractivity contribution in [1.82, 2.24) is 4.98 Å². The summed E-state index contributed by atoms with van der Waals surface area (Å²) in [5.41, 5.74) is 5.65. The number of hydrogen-bond donors (Lipinski definition) is 1. The lowest BCUT2D eigenvalue weighted by Crippen LogP contribution is -2.24. The van der Waals surface area contributed by atoms with Gasteiger partial charge in [0.25, 0.3) is 0 Å². The van der Waals surface area contributed by atoms with Crippen molar-refractivity contribution in [2.45, 2.75) is 25.2 Å². The molecule has 1 heteroatoms. The monoisotopic (exact) mass is 335 g/mol. The maximum Gasteiger partial charge on any atom is 0.0471 e. The first-order valence-electron chi connectivity index (χ1n) is 9.47. The minimum absolute atomic E-state index is 0.162. The van der Waals surface area contributed by atoms with Gasteiger partial charge in [-0.25, -0.2) is 0 Å². The van der Waals surface area contributed by atoms with Gasteiger partial charge in [-0.3, -0.25) is 0 Å². The van der Waals surface area contributed by atoms with Crippen molar-refractivity contribution in [2.24, 2.45) is 5.92 Å². The zero-order valence-corrected chi connectivity index (χ0v) is 15.1. The normalized spacial score (nSPS) is 23.0. The van der Waals surface area contributed by atoms with Crippen molar-refractivity contribution in [2.75, 3.05) is 0 Å². The van der Waals surface area contributed by atoms with E-state index in [1.165, 1.54) is 43.7 Å². The number of rotatable bonds is 0. The van der Waals surface area contributed by atoms with Gasteiger partial charge in [-0.15, -0.1) is 0 Å². The molecule has 3 aromatic carbocycles. The molecule has 1 nitrogen and oxygen atoms in total. The Kier molecular flexibility index (Phi) is 2.59. The summed E-state index contributed by atoms with van der Waals surface area (Å²) in [6.45, 7) is 4.79. The van der Waals surface area contributed by atoms with E-state index in [9.17, 15) is 0 Å². The van der Waals surface area contributed by atoms with Crippen LogP contribution in [0.1, 0.15) is 30.9 Å². The zero-order chi connectivity index (χ0) is 17.5. The van der Waals surface area contributed by atoms with Gasteiger partial charge in [-0.2, -0.15) is 0 Å². The average molecular weight is 335 g/mol. The van der Waals surface area contributed by atoms with E-state index >= 15 is 0 Å². The van der Waals surface area contributed by atoms with Gasteiger partial charge in [0.15, 0.2) is 0 Å². The molecule has 2 atom stereocenters. The summed E-state index contributed by atoms with van der Waals surface area (Å²) < 4.78 is 0. The quantitative estimate of drug-likeness (QED) is 0.373. The van der Waals surface area contributed by atoms with E-state index in [-0.39, 0.29) is 5.41 Å². The van der Waals surface area contributed by atoms with Crippen molar-refractivity contribution in [3.63, 3.8) is 0 Å². The van der Waals surface area contributed by atoms with Gasteiger partial charge in [0, 0.05) is 27.7 Å². The molecule has 0 amide bonds. The molecule has 0 spiro atoms. The third-order valence-corrected chi connectivity index (χ3v) is 6.68. The van der Waals surface area contributed by atoms with Crippen LogP contribution in [-0.2, 0) is 5.41 Å². The summed E-state index contributed by atoms with van der Waals surface area (Å²) in [5.74, 6) is 1.05. The molecule has 0 radical (unpaired) electrons. The third-order valence-electron chi connectivity index (χ3n) is 6.68. The van der Waals surface area contributed by atoms with Crippen LogP contribution in [0.25, 0.3) is 32.6 Å². The molecule has 0 aliphatic heterocycles. The highest BCUT2D eigenvalue weighted by molar-refractivity contribution is 6.20. The van der Waals surface area contributed by atoms with Gasteiger partial charge in [-0.1, -0.05) is 68.5 Å². The standard InChI is InChI=1S/C25H21N/c1-25(2)20-10-6-5-9-17(20)18-13-19-23(14-21(18)25)26-22-12-11-15-7-3-4-8-16(15)24(19)22/h3-14,17,20,26H,1-2H3. The van der Waals surface area contributed by atoms with Gasteiger partial charge < -0.3 is 4.98 Å². The molecule has 2 aliphatic rings. The van der Waals surface area contributed by atoms with Crippen LogP contribution in [0.2, 0.25) is 0 Å². The number of aromatic amines is 1. The van der Waals surface area contributed by atoms with Crippen LogP contribution in [-0.4, -0.2) is 4.98 Å². The van der Waals surface area contributed by atoms with E-state index in [4.69, 9.17) is 0 Å². The Bertz CT molecular complexity index is 1270. The van der Waals surface area contributed by atoms with Gasteiger partial charge in [0.1, 0.15) is 0 Å². The molecule has 2 unspecified atom stereocenters. The Hall–Kier alpha value is -2.80. The Balaban J connectivity index is 1.75. The van der Waals surface area contributed by atoms with Crippen LogP contribution in [0.3, 0.4) is 0 Å². The highest BCUT2D eigenvalue weighted by Crippen LogP contribution is 2.54.